The zero-order chi connectivity index (χ0) is 19.9. The Morgan fingerprint density at radius 1 is 1.18 bits per heavy atom. The van der Waals surface area contributed by atoms with Crippen molar-refractivity contribution in [3.63, 3.8) is 0 Å². The quantitative estimate of drug-likeness (QED) is 0.570. The minimum atomic E-state index is -0.717. The molecule has 0 saturated heterocycles. The summed E-state index contributed by atoms with van der Waals surface area (Å²) in [6.07, 6.45) is 2.33. The Bertz CT molecular complexity index is 955. The Morgan fingerprint density at radius 3 is 2.61 bits per heavy atom. The molecule has 7 nitrogen and oxygen atoms in total. The highest BCUT2D eigenvalue weighted by molar-refractivity contribution is 7.20. The van der Waals surface area contributed by atoms with Gasteiger partial charge in [-0.25, -0.2) is 4.79 Å². The summed E-state index contributed by atoms with van der Waals surface area (Å²) >= 11 is 1.29. The summed E-state index contributed by atoms with van der Waals surface area (Å²) in [5.41, 5.74) is 7.43. The van der Waals surface area contributed by atoms with Crippen LogP contribution in [0.1, 0.15) is 16.1 Å². The van der Waals surface area contributed by atoms with Crippen LogP contribution in [0.3, 0.4) is 0 Å². The van der Waals surface area contributed by atoms with E-state index in [1.807, 2.05) is 42.5 Å². The number of aromatic nitrogens is 1. The number of ether oxygens (including phenoxy) is 1. The summed E-state index contributed by atoms with van der Waals surface area (Å²) in [7, 11) is 1.60. The number of urea groups is 1. The molecule has 144 valence electrons. The van der Waals surface area contributed by atoms with Gasteiger partial charge in [-0.05, 0) is 48.0 Å². The van der Waals surface area contributed by atoms with Gasteiger partial charge in [0.1, 0.15) is 10.8 Å². The molecule has 28 heavy (non-hydrogen) atoms. The predicted octanol–water partition coefficient (Wildman–Crippen LogP) is 3.28. The topological polar surface area (TPSA) is 106 Å². The first-order valence-corrected chi connectivity index (χ1v) is 9.41. The Balaban J connectivity index is 1.76. The highest BCUT2D eigenvalue weighted by atomic mass is 32.1. The van der Waals surface area contributed by atoms with Gasteiger partial charge in [0.05, 0.1) is 12.7 Å². The van der Waals surface area contributed by atoms with E-state index in [0.29, 0.717) is 23.5 Å². The molecule has 2 aromatic heterocycles. The van der Waals surface area contributed by atoms with Crippen molar-refractivity contribution in [3.8, 4) is 16.2 Å². The second kappa shape index (κ2) is 9.01. The Hall–Kier alpha value is -3.39. The van der Waals surface area contributed by atoms with Gasteiger partial charge in [0.25, 0.3) is 5.91 Å². The van der Waals surface area contributed by atoms with Gasteiger partial charge >= 0.3 is 6.03 Å². The molecule has 0 atom stereocenters. The zero-order valence-electron chi connectivity index (χ0n) is 15.3. The third-order valence-electron chi connectivity index (χ3n) is 3.98. The normalized spacial score (nSPS) is 10.3. The maximum atomic E-state index is 12.6. The SMILES string of the molecule is COc1ccc(-c2cc(C(=O)NCCc3ccccn3)c(NC(N)=O)s2)cc1. The fourth-order valence-corrected chi connectivity index (χ4v) is 3.67. The number of hydrogen-bond donors (Lipinski definition) is 3. The van der Waals surface area contributed by atoms with E-state index in [1.165, 1.54) is 11.3 Å². The maximum Gasteiger partial charge on any atom is 0.317 e. The number of hydrogen-bond acceptors (Lipinski definition) is 5. The number of nitrogens with zero attached hydrogens (tertiary/aromatic N) is 1. The van der Waals surface area contributed by atoms with Gasteiger partial charge in [0.15, 0.2) is 0 Å². The number of carbonyl (C=O) groups excluding carboxylic acids is 2. The third-order valence-corrected chi connectivity index (χ3v) is 5.08. The molecule has 0 spiro atoms. The fraction of sp³-hybridized carbons (Fsp3) is 0.150. The van der Waals surface area contributed by atoms with E-state index in [9.17, 15) is 9.59 Å². The summed E-state index contributed by atoms with van der Waals surface area (Å²) < 4.78 is 5.17. The molecule has 8 heteroatoms. The van der Waals surface area contributed by atoms with Gasteiger partial charge in [-0.15, -0.1) is 11.3 Å². The van der Waals surface area contributed by atoms with Crippen molar-refractivity contribution < 1.29 is 14.3 Å². The van der Waals surface area contributed by atoms with Crippen molar-refractivity contribution in [2.75, 3.05) is 19.0 Å². The number of thiophene rings is 1. The van der Waals surface area contributed by atoms with Gasteiger partial charge < -0.3 is 15.8 Å². The molecule has 0 aliphatic rings. The van der Waals surface area contributed by atoms with Gasteiger partial charge in [-0.2, -0.15) is 0 Å². The van der Waals surface area contributed by atoms with Crippen LogP contribution < -0.4 is 21.1 Å². The lowest BCUT2D eigenvalue weighted by Crippen LogP contribution is -2.27. The van der Waals surface area contributed by atoms with E-state index in [1.54, 1.807) is 19.4 Å². The molecule has 0 bridgehead atoms. The number of primary amides is 1. The van der Waals surface area contributed by atoms with Crippen molar-refractivity contribution in [2.45, 2.75) is 6.42 Å². The van der Waals surface area contributed by atoms with E-state index < -0.39 is 6.03 Å². The molecule has 3 amide bonds. The number of pyridine rings is 1. The van der Waals surface area contributed by atoms with Crippen LogP contribution in [0.2, 0.25) is 0 Å². The molecule has 0 fully saturated rings. The highest BCUT2D eigenvalue weighted by Crippen LogP contribution is 2.36. The smallest absolute Gasteiger partial charge is 0.317 e. The van der Waals surface area contributed by atoms with Gasteiger partial charge in [0, 0.05) is 29.7 Å². The molecule has 0 unspecified atom stereocenters. The van der Waals surface area contributed by atoms with Gasteiger partial charge in [-0.1, -0.05) is 6.07 Å². The number of anilines is 1. The van der Waals surface area contributed by atoms with E-state index in [4.69, 9.17) is 10.5 Å². The molecule has 4 N–H and O–H groups in total. The molecule has 0 aliphatic carbocycles. The lowest BCUT2D eigenvalue weighted by atomic mass is 10.1. The Morgan fingerprint density at radius 2 is 1.96 bits per heavy atom. The second-order valence-electron chi connectivity index (χ2n) is 5.90. The largest absolute Gasteiger partial charge is 0.497 e. The summed E-state index contributed by atoms with van der Waals surface area (Å²) in [5.74, 6) is 0.457. The van der Waals surface area contributed by atoms with Crippen molar-refractivity contribution >= 4 is 28.3 Å². The Labute approximate surface area is 166 Å². The summed E-state index contributed by atoms with van der Waals surface area (Å²) in [6, 6.07) is 14.1. The number of rotatable bonds is 7. The van der Waals surface area contributed by atoms with Crippen LogP contribution in [0, 0.1) is 0 Å². The molecular weight excluding hydrogens is 376 g/mol. The van der Waals surface area contributed by atoms with Crippen molar-refractivity contribution in [3.05, 3.63) is 66.0 Å². The summed E-state index contributed by atoms with van der Waals surface area (Å²) in [6.45, 7) is 0.430. The van der Waals surface area contributed by atoms with Crippen LogP contribution in [0.5, 0.6) is 5.75 Å². The van der Waals surface area contributed by atoms with Crippen LogP contribution in [-0.2, 0) is 6.42 Å². The second-order valence-corrected chi connectivity index (χ2v) is 6.95. The average molecular weight is 396 g/mol. The predicted molar refractivity (Wildman–Crippen MR) is 110 cm³/mol. The fourth-order valence-electron chi connectivity index (χ4n) is 2.61. The Kier molecular flexibility index (Phi) is 6.23. The molecule has 0 saturated carbocycles. The first kappa shape index (κ1) is 19.4. The summed E-state index contributed by atoms with van der Waals surface area (Å²) in [4.78, 5) is 29.0. The minimum absolute atomic E-state index is 0.282. The van der Waals surface area contributed by atoms with Crippen LogP contribution in [0.25, 0.3) is 10.4 Å². The van der Waals surface area contributed by atoms with Crippen LogP contribution >= 0.6 is 11.3 Å². The lowest BCUT2D eigenvalue weighted by Gasteiger charge is -2.06. The van der Waals surface area contributed by atoms with E-state index in [-0.39, 0.29) is 5.91 Å². The highest BCUT2D eigenvalue weighted by Gasteiger charge is 2.18. The van der Waals surface area contributed by atoms with E-state index in [0.717, 1.165) is 21.9 Å². The number of carbonyl (C=O) groups is 2. The molecular formula is C20H20N4O3S. The number of nitrogens with two attached hydrogens (primary N) is 1. The minimum Gasteiger partial charge on any atom is -0.497 e. The number of nitrogens with one attached hydrogen (secondary N) is 2. The van der Waals surface area contributed by atoms with Crippen LogP contribution in [0.4, 0.5) is 9.80 Å². The first-order valence-electron chi connectivity index (χ1n) is 8.59. The van der Waals surface area contributed by atoms with Gasteiger partial charge in [-0.3, -0.25) is 15.1 Å². The molecule has 2 heterocycles. The van der Waals surface area contributed by atoms with E-state index >= 15 is 0 Å². The molecule has 0 aliphatic heterocycles. The number of amides is 3. The van der Waals surface area contributed by atoms with Crippen LogP contribution in [0.15, 0.2) is 54.7 Å². The zero-order valence-corrected chi connectivity index (χ0v) is 16.1. The molecule has 3 aromatic rings. The number of methoxy groups -OCH3 is 1. The van der Waals surface area contributed by atoms with Crippen molar-refractivity contribution in [2.24, 2.45) is 5.73 Å². The summed E-state index contributed by atoms with van der Waals surface area (Å²) in [5, 5.41) is 5.81. The van der Waals surface area contributed by atoms with E-state index in [2.05, 4.69) is 15.6 Å². The maximum absolute atomic E-state index is 12.6. The lowest BCUT2D eigenvalue weighted by molar-refractivity contribution is 0.0955. The van der Waals surface area contributed by atoms with Crippen LogP contribution in [-0.4, -0.2) is 30.6 Å². The molecule has 1 aromatic carbocycles. The molecule has 3 rings (SSSR count). The van der Waals surface area contributed by atoms with Gasteiger partial charge in [0.2, 0.25) is 0 Å². The standard InChI is InChI=1S/C20H20N4O3S/c1-27-15-7-5-13(6-8-15)17-12-16(19(28-17)24-20(21)26)18(25)23-11-9-14-4-2-3-10-22-14/h2-8,10,12H,9,11H2,1H3,(H,23,25)(H3,21,24,26). The average Bonchev–Trinajstić information content (AvgIpc) is 3.12. The third kappa shape index (κ3) is 4.86. The first-order chi connectivity index (χ1) is 13.6. The van der Waals surface area contributed by atoms with Crippen molar-refractivity contribution in [1.82, 2.24) is 10.3 Å². The van der Waals surface area contributed by atoms with Crippen molar-refractivity contribution in [1.29, 1.82) is 0 Å². The molecule has 0 radical (unpaired) electrons. The monoisotopic (exact) mass is 396 g/mol. The number of benzene rings is 1.